The second-order valence-electron chi connectivity index (χ2n) is 8.80. The van der Waals surface area contributed by atoms with E-state index in [0.717, 1.165) is 11.1 Å². The molecule has 2 aliphatic heterocycles. The van der Waals surface area contributed by atoms with Gasteiger partial charge >= 0.3 is 18.2 Å². The maximum atomic E-state index is 12.8. The van der Waals surface area contributed by atoms with Crippen molar-refractivity contribution < 1.29 is 33.3 Å². The summed E-state index contributed by atoms with van der Waals surface area (Å²) >= 11 is 0. The first-order valence-electron chi connectivity index (χ1n) is 10.5. The summed E-state index contributed by atoms with van der Waals surface area (Å²) in [6.45, 7) is 10.1. The lowest BCUT2D eigenvalue weighted by atomic mass is 10.1. The molecule has 1 fully saturated rings. The Labute approximate surface area is 187 Å². The number of hydrogen-bond donors (Lipinski definition) is 0. The molecule has 0 radical (unpaired) electrons. The topological polar surface area (TPSA) is 94.6 Å². The lowest BCUT2D eigenvalue weighted by Crippen LogP contribution is -2.44. The minimum Gasteiger partial charge on any atom is -0.490 e. The van der Waals surface area contributed by atoms with E-state index in [0.29, 0.717) is 25.4 Å². The van der Waals surface area contributed by atoms with E-state index < -0.39 is 35.9 Å². The van der Waals surface area contributed by atoms with E-state index in [-0.39, 0.29) is 13.0 Å². The number of carbonyl (C=O) groups is 3. The van der Waals surface area contributed by atoms with Crippen LogP contribution in [0, 0.1) is 0 Å². The first-order chi connectivity index (χ1) is 15.1. The van der Waals surface area contributed by atoms with Gasteiger partial charge in [0, 0.05) is 19.5 Å². The number of nitrogens with zero attached hydrogens (tertiary/aromatic N) is 2. The molecule has 9 heteroatoms. The summed E-state index contributed by atoms with van der Waals surface area (Å²) in [6, 6.07) is 4.81. The average molecular weight is 447 g/mol. The molecule has 2 heterocycles. The molecule has 2 amide bonds. The predicted molar refractivity (Wildman–Crippen MR) is 115 cm³/mol. The van der Waals surface area contributed by atoms with Gasteiger partial charge in [-0.05, 0) is 44.0 Å². The lowest BCUT2D eigenvalue weighted by Gasteiger charge is -2.27. The van der Waals surface area contributed by atoms with Crippen LogP contribution in [0.3, 0.4) is 0 Å². The molecule has 32 heavy (non-hydrogen) atoms. The second-order valence-corrected chi connectivity index (χ2v) is 8.80. The predicted octanol–water partition coefficient (Wildman–Crippen LogP) is 3.25. The number of esters is 1. The lowest BCUT2D eigenvalue weighted by molar-refractivity contribution is -0.145. The van der Waals surface area contributed by atoms with Crippen LogP contribution in [0.5, 0.6) is 5.75 Å². The van der Waals surface area contributed by atoms with Gasteiger partial charge in [-0.25, -0.2) is 14.4 Å². The fourth-order valence-electron chi connectivity index (χ4n) is 3.73. The number of hydrogen-bond acceptors (Lipinski definition) is 7. The number of rotatable bonds is 5. The molecule has 2 atom stereocenters. The van der Waals surface area contributed by atoms with Crippen LogP contribution in [-0.2, 0) is 32.1 Å². The Kier molecular flexibility index (Phi) is 6.96. The highest BCUT2D eigenvalue weighted by molar-refractivity contribution is 5.82. The average Bonchev–Trinajstić information content (AvgIpc) is 3.34. The minimum absolute atomic E-state index is 0.0563. The van der Waals surface area contributed by atoms with Crippen LogP contribution in [0.15, 0.2) is 30.9 Å². The minimum atomic E-state index is -0.868. The fraction of sp³-hybridized carbons (Fsp3) is 0.522. The maximum absolute atomic E-state index is 12.8. The van der Waals surface area contributed by atoms with Crippen LogP contribution in [0.1, 0.15) is 38.3 Å². The number of carbonyl (C=O) groups excluding carboxylic acids is 3. The molecule has 0 saturated carbocycles. The number of amides is 2. The van der Waals surface area contributed by atoms with Gasteiger partial charge in [0.05, 0.1) is 13.7 Å². The SMILES string of the molecule is C=CCOc1ccc2c(c1)CN(C(=O)OC1CC(C(=O)OC)N(C(=O)OC(C)(C)C)C1)C2. The number of likely N-dealkylation sites (tertiary alicyclic amines) is 1. The molecule has 0 N–H and O–H groups in total. The summed E-state index contributed by atoms with van der Waals surface area (Å²) in [5.74, 6) is 0.138. The van der Waals surface area contributed by atoms with Crippen molar-refractivity contribution in [2.24, 2.45) is 0 Å². The first-order valence-corrected chi connectivity index (χ1v) is 10.5. The number of methoxy groups -OCH3 is 1. The van der Waals surface area contributed by atoms with Gasteiger partial charge in [-0.1, -0.05) is 18.7 Å². The third-order valence-corrected chi connectivity index (χ3v) is 5.16. The van der Waals surface area contributed by atoms with Crippen molar-refractivity contribution >= 4 is 18.2 Å². The van der Waals surface area contributed by atoms with Crippen molar-refractivity contribution in [3.63, 3.8) is 0 Å². The molecule has 174 valence electrons. The molecule has 0 bridgehead atoms. The molecular formula is C23H30N2O7. The van der Waals surface area contributed by atoms with Gasteiger partial charge in [0.25, 0.3) is 0 Å². The molecule has 0 aliphatic carbocycles. The molecule has 2 unspecified atom stereocenters. The molecular weight excluding hydrogens is 416 g/mol. The van der Waals surface area contributed by atoms with E-state index in [9.17, 15) is 14.4 Å². The van der Waals surface area contributed by atoms with Crippen LogP contribution < -0.4 is 4.74 Å². The van der Waals surface area contributed by atoms with E-state index in [2.05, 4.69) is 6.58 Å². The van der Waals surface area contributed by atoms with E-state index in [4.69, 9.17) is 18.9 Å². The molecule has 2 aliphatic rings. The molecule has 3 rings (SSSR count). The van der Waals surface area contributed by atoms with Crippen LogP contribution in [-0.4, -0.2) is 66.0 Å². The molecule has 0 aromatic heterocycles. The summed E-state index contributed by atoms with van der Waals surface area (Å²) in [5, 5.41) is 0. The third kappa shape index (κ3) is 5.52. The largest absolute Gasteiger partial charge is 0.490 e. The Hall–Kier alpha value is -3.23. The van der Waals surface area contributed by atoms with Crippen molar-refractivity contribution in [3.8, 4) is 5.75 Å². The van der Waals surface area contributed by atoms with Crippen LogP contribution >= 0.6 is 0 Å². The van der Waals surface area contributed by atoms with E-state index >= 15 is 0 Å². The second kappa shape index (κ2) is 9.50. The summed E-state index contributed by atoms with van der Waals surface area (Å²) in [5.41, 5.74) is 1.28. The van der Waals surface area contributed by atoms with Crippen LogP contribution in [0.4, 0.5) is 9.59 Å². The van der Waals surface area contributed by atoms with Crippen molar-refractivity contribution in [3.05, 3.63) is 42.0 Å². The smallest absolute Gasteiger partial charge is 0.411 e. The Morgan fingerprint density at radius 3 is 2.53 bits per heavy atom. The zero-order valence-corrected chi connectivity index (χ0v) is 19.0. The number of fused-ring (bicyclic) bond motifs is 1. The van der Waals surface area contributed by atoms with Crippen molar-refractivity contribution in [1.82, 2.24) is 9.80 Å². The van der Waals surface area contributed by atoms with E-state index in [1.165, 1.54) is 12.0 Å². The van der Waals surface area contributed by atoms with Crippen molar-refractivity contribution in [2.45, 2.75) is 58.0 Å². The normalized spacial score (nSPS) is 19.9. The van der Waals surface area contributed by atoms with Gasteiger partial charge in [-0.15, -0.1) is 0 Å². The Morgan fingerprint density at radius 1 is 1.16 bits per heavy atom. The molecule has 9 nitrogen and oxygen atoms in total. The molecule has 0 spiro atoms. The van der Waals surface area contributed by atoms with Crippen LogP contribution in [0.25, 0.3) is 0 Å². The van der Waals surface area contributed by atoms with Gasteiger partial charge in [0.15, 0.2) is 0 Å². The molecule has 1 saturated heterocycles. The van der Waals surface area contributed by atoms with E-state index in [1.54, 1.807) is 31.7 Å². The third-order valence-electron chi connectivity index (χ3n) is 5.16. The number of benzene rings is 1. The number of ether oxygens (including phenoxy) is 4. The van der Waals surface area contributed by atoms with Crippen molar-refractivity contribution in [2.75, 3.05) is 20.3 Å². The zero-order chi connectivity index (χ0) is 23.5. The summed E-state index contributed by atoms with van der Waals surface area (Å²) in [4.78, 5) is 40.4. The fourth-order valence-corrected chi connectivity index (χ4v) is 3.73. The zero-order valence-electron chi connectivity index (χ0n) is 19.0. The monoisotopic (exact) mass is 446 g/mol. The summed E-state index contributed by atoms with van der Waals surface area (Å²) in [6.07, 6.45) is 0.0225. The Bertz CT molecular complexity index is 893. The van der Waals surface area contributed by atoms with Gasteiger partial charge in [0.1, 0.15) is 30.1 Å². The summed E-state index contributed by atoms with van der Waals surface area (Å²) in [7, 11) is 1.25. The molecule has 1 aromatic carbocycles. The van der Waals surface area contributed by atoms with Crippen molar-refractivity contribution in [1.29, 1.82) is 0 Å². The van der Waals surface area contributed by atoms with Gasteiger partial charge in [-0.3, -0.25) is 9.80 Å². The quantitative estimate of drug-likeness (QED) is 0.389. The summed E-state index contributed by atoms with van der Waals surface area (Å²) < 4.78 is 21.4. The standard InChI is InChI=1S/C23H30N2O7/c1-6-9-30-17-8-7-15-12-24(13-16(15)10-17)21(27)31-18-11-19(20(26)29-5)25(14-18)22(28)32-23(2,3)4/h6-8,10,18-19H,1,9,11-14H2,2-5H3. The first kappa shape index (κ1) is 23.4. The Morgan fingerprint density at radius 2 is 1.88 bits per heavy atom. The highest BCUT2D eigenvalue weighted by atomic mass is 16.6. The highest BCUT2D eigenvalue weighted by Gasteiger charge is 2.44. The molecule has 1 aromatic rings. The highest BCUT2D eigenvalue weighted by Crippen LogP contribution is 2.29. The van der Waals surface area contributed by atoms with Gasteiger partial charge in [-0.2, -0.15) is 0 Å². The van der Waals surface area contributed by atoms with Crippen LogP contribution in [0.2, 0.25) is 0 Å². The van der Waals surface area contributed by atoms with Gasteiger partial charge in [0.2, 0.25) is 0 Å². The Balaban J connectivity index is 1.62. The van der Waals surface area contributed by atoms with E-state index in [1.807, 2.05) is 18.2 Å². The van der Waals surface area contributed by atoms with Gasteiger partial charge < -0.3 is 18.9 Å². The maximum Gasteiger partial charge on any atom is 0.411 e.